The molecule has 0 aliphatic carbocycles. The van der Waals surface area contributed by atoms with E-state index in [2.05, 4.69) is 5.73 Å². The molecule has 6 nitrogen and oxygen atoms in total. The Hall–Kier alpha value is -0.0800. The number of rotatable bonds is 1. The zero-order valence-corrected chi connectivity index (χ0v) is 9.58. The van der Waals surface area contributed by atoms with E-state index in [-0.39, 0.29) is 24.8 Å². The van der Waals surface area contributed by atoms with Crippen LogP contribution in [0.5, 0.6) is 0 Å². The summed E-state index contributed by atoms with van der Waals surface area (Å²) < 4.78 is 25.9. The van der Waals surface area contributed by atoms with Crippen LogP contribution in [0.15, 0.2) is 0 Å². The number of carbonyl (C=O) groups is 1. The second kappa shape index (κ2) is 10.0. The molecule has 0 saturated heterocycles. The lowest BCUT2D eigenvalue weighted by atomic mass is 10.4. The zero-order chi connectivity index (χ0) is 9.65. The summed E-state index contributed by atoms with van der Waals surface area (Å²) in [7, 11) is -3.67. The van der Waals surface area contributed by atoms with E-state index in [4.69, 9.17) is 10.3 Å². The van der Waals surface area contributed by atoms with Crippen LogP contribution in [0.3, 0.4) is 0 Å². The third kappa shape index (κ3) is 76.3. The third-order valence-corrected chi connectivity index (χ3v) is 0.449. The average Bonchev–Trinajstić information content (AvgIpc) is 1.59. The van der Waals surface area contributed by atoms with Crippen molar-refractivity contribution in [3.63, 3.8) is 0 Å². The fourth-order valence-corrected chi connectivity index (χ4v) is 0. The Balaban J connectivity index is -0.0000000546. The first kappa shape index (κ1) is 23.1. The van der Waals surface area contributed by atoms with Gasteiger partial charge in [-0.3, -0.25) is 9.35 Å². The molecule has 0 fully saturated rings. The second-order valence-electron chi connectivity index (χ2n) is 1.92. The Labute approximate surface area is 89.6 Å². The molecule has 1 atom stereocenters. The summed E-state index contributed by atoms with van der Waals surface area (Å²) in [5.41, 5.74) is 9.63. The van der Waals surface area contributed by atoms with Crippen molar-refractivity contribution >= 4 is 40.8 Å². The molecular weight excluding hydrogens is 243 g/mol. The van der Waals surface area contributed by atoms with Gasteiger partial charge in [-0.1, -0.05) is 0 Å². The van der Waals surface area contributed by atoms with Gasteiger partial charge in [0.25, 0.3) is 10.1 Å². The predicted molar refractivity (Wildman–Crippen MR) is 54.8 cm³/mol. The van der Waals surface area contributed by atoms with Gasteiger partial charge < -0.3 is 11.5 Å². The van der Waals surface area contributed by atoms with Crippen LogP contribution < -0.4 is 11.5 Å². The van der Waals surface area contributed by atoms with E-state index in [1.807, 2.05) is 0 Å². The number of halogens is 2. The molecule has 0 aromatic rings. The molecule has 0 bridgehead atoms. The van der Waals surface area contributed by atoms with Crippen LogP contribution in [-0.4, -0.2) is 31.2 Å². The summed E-state index contributed by atoms with van der Waals surface area (Å²) in [4.78, 5) is 9.80. The lowest BCUT2D eigenvalue weighted by molar-refractivity contribution is -0.118. The van der Waals surface area contributed by atoms with Gasteiger partial charge in [0.15, 0.2) is 0 Å². The topological polar surface area (TPSA) is 123 Å². The maximum Gasteiger partial charge on any atom is 0.261 e. The predicted octanol–water partition coefficient (Wildman–Crippen LogP) is -0.834. The number of primary amides is 1. The first-order valence-electron chi connectivity index (χ1n) is 2.62. The number of hydrogen-bond acceptors (Lipinski definition) is 4. The van der Waals surface area contributed by atoms with Gasteiger partial charge in [-0.15, -0.1) is 24.8 Å². The van der Waals surface area contributed by atoms with Gasteiger partial charge in [-0.2, -0.15) is 8.42 Å². The minimum Gasteiger partial charge on any atom is -0.368 e. The Kier molecular flexibility index (Phi) is 17.8. The van der Waals surface area contributed by atoms with Crippen LogP contribution >= 0.6 is 24.8 Å². The molecule has 9 heteroatoms. The lowest BCUT2D eigenvalue weighted by Gasteiger charge is -1.91. The van der Waals surface area contributed by atoms with Crippen molar-refractivity contribution in [3.8, 4) is 0 Å². The third-order valence-electron chi connectivity index (χ3n) is 0.449. The highest BCUT2D eigenvalue weighted by atomic mass is 35.5. The molecule has 13 heavy (non-hydrogen) atoms. The molecule has 1 unspecified atom stereocenters. The molecule has 0 saturated carbocycles. The maximum absolute atomic E-state index is 9.80. The number of amides is 1. The fourth-order valence-electron chi connectivity index (χ4n) is 0. The monoisotopic (exact) mass is 256 g/mol. The van der Waals surface area contributed by atoms with Crippen LogP contribution in [0.25, 0.3) is 0 Å². The molecule has 0 heterocycles. The van der Waals surface area contributed by atoms with Crippen molar-refractivity contribution in [2.24, 2.45) is 11.5 Å². The number of carbonyl (C=O) groups excluding carboxylic acids is 1. The molecule has 5 N–H and O–H groups in total. The summed E-state index contributed by atoms with van der Waals surface area (Å²) >= 11 is 0. The van der Waals surface area contributed by atoms with Gasteiger partial charge in [0.1, 0.15) is 0 Å². The van der Waals surface area contributed by atoms with Crippen molar-refractivity contribution in [1.29, 1.82) is 0 Å². The standard InChI is InChI=1S/C3H8N2O.CH4O3S.2ClH/c1-2(4)3(5)6;1-5(2,3)4;;/h2H,4H2,1H3,(H2,5,6);1H3,(H,2,3,4);2*1H. The largest absolute Gasteiger partial charge is 0.368 e. The molecular formula is C4H14Cl2N2O4S. The van der Waals surface area contributed by atoms with E-state index in [1.165, 1.54) is 0 Å². The van der Waals surface area contributed by atoms with E-state index in [0.717, 1.165) is 0 Å². The van der Waals surface area contributed by atoms with Gasteiger partial charge in [0, 0.05) is 0 Å². The zero-order valence-electron chi connectivity index (χ0n) is 7.13. The van der Waals surface area contributed by atoms with Crippen LogP contribution in [0, 0.1) is 0 Å². The van der Waals surface area contributed by atoms with E-state index in [1.54, 1.807) is 6.92 Å². The fraction of sp³-hybridized carbons (Fsp3) is 0.750. The lowest BCUT2D eigenvalue weighted by Crippen LogP contribution is -2.32. The van der Waals surface area contributed by atoms with Gasteiger partial charge in [-0.05, 0) is 6.92 Å². The van der Waals surface area contributed by atoms with Crippen LogP contribution in [0.2, 0.25) is 0 Å². The smallest absolute Gasteiger partial charge is 0.261 e. The highest BCUT2D eigenvalue weighted by Gasteiger charge is 1.96. The summed E-state index contributed by atoms with van der Waals surface area (Å²) in [6, 6.07) is -0.509. The highest BCUT2D eigenvalue weighted by molar-refractivity contribution is 7.85. The molecule has 1 amide bonds. The first-order chi connectivity index (χ1) is 4.64. The molecule has 0 spiro atoms. The Morgan fingerprint density at radius 2 is 1.46 bits per heavy atom. The molecule has 0 aromatic carbocycles. The quantitative estimate of drug-likeness (QED) is 0.529. The van der Waals surface area contributed by atoms with Crippen LogP contribution in [-0.2, 0) is 14.9 Å². The van der Waals surface area contributed by atoms with Crippen molar-refractivity contribution in [2.75, 3.05) is 6.26 Å². The summed E-state index contributed by atoms with van der Waals surface area (Å²) in [6.07, 6.45) is 0.715. The average molecular weight is 257 g/mol. The molecule has 0 rings (SSSR count). The van der Waals surface area contributed by atoms with Crippen molar-refractivity contribution < 1.29 is 17.8 Å². The van der Waals surface area contributed by atoms with Crippen molar-refractivity contribution in [3.05, 3.63) is 0 Å². The highest BCUT2D eigenvalue weighted by Crippen LogP contribution is 1.64. The normalized spacial score (nSPS) is 10.8. The Morgan fingerprint density at radius 3 is 1.46 bits per heavy atom. The van der Waals surface area contributed by atoms with E-state index < -0.39 is 22.1 Å². The minimum atomic E-state index is -3.67. The van der Waals surface area contributed by atoms with Crippen LogP contribution in [0.1, 0.15) is 6.92 Å². The molecule has 0 aliphatic heterocycles. The number of nitrogens with two attached hydrogens (primary N) is 2. The maximum atomic E-state index is 9.80. The molecule has 84 valence electrons. The summed E-state index contributed by atoms with van der Waals surface area (Å²) in [5, 5.41) is 0. The summed E-state index contributed by atoms with van der Waals surface area (Å²) in [6.45, 7) is 1.54. The minimum absolute atomic E-state index is 0. The van der Waals surface area contributed by atoms with Crippen LogP contribution in [0.4, 0.5) is 0 Å². The molecule has 0 radical (unpaired) electrons. The number of hydrogen-bond donors (Lipinski definition) is 3. The van der Waals surface area contributed by atoms with Crippen molar-refractivity contribution in [2.45, 2.75) is 13.0 Å². The molecule has 0 aliphatic rings. The SMILES string of the molecule is CC(N)C(N)=O.CS(=O)(=O)O.Cl.Cl. The van der Waals surface area contributed by atoms with Gasteiger partial charge >= 0.3 is 0 Å². The molecule has 0 aromatic heterocycles. The second-order valence-corrected chi connectivity index (χ2v) is 3.39. The Morgan fingerprint density at radius 1 is 1.38 bits per heavy atom. The Bertz CT molecular complexity index is 208. The first-order valence-corrected chi connectivity index (χ1v) is 4.46. The van der Waals surface area contributed by atoms with Gasteiger partial charge in [0.2, 0.25) is 5.91 Å². The van der Waals surface area contributed by atoms with E-state index in [9.17, 15) is 13.2 Å². The van der Waals surface area contributed by atoms with Gasteiger partial charge in [0.05, 0.1) is 12.3 Å². The van der Waals surface area contributed by atoms with Crippen molar-refractivity contribution in [1.82, 2.24) is 0 Å². The van der Waals surface area contributed by atoms with E-state index in [0.29, 0.717) is 6.26 Å². The van der Waals surface area contributed by atoms with E-state index >= 15 is 0 Å². The van der Waals surface area contributed by atoms with Gasteiger partial charge in [-0.25, -0.2) is 0 Å². The summed E-state index contributed by atoms with van der Waals surface area (Å²) in [5.74, 6) is -0.463.